The Hall–Kier alpha value is -2.91. The van der Waals surface area contributed by atoms with E-state index in [1.807, 2.05) is 0 Å². The average Bonchev–Trinajstić information content (AvgIpc) is 2.77. The summed E-state index contributed by atoms with van der Waals surface area (Å²) in [6.07, 6.45) is 2.22. The Labute approximate surface area is 192 Å². The fraction of sp³-hybridized carbons (Fsp3) is 0.276. The van der Waals surface area contributed by atoms with Crippen LogP contribution in [-0.4, -0.2) is 8.07 Å². The molecule has 0 bridgehead atoms. The van der Waals surface area contributed by atoms with Crippen LogP contribution in [0.3, 0.4) is 0 Å². The van der Waals surface area contributed by atoms with Crippen LogP contribution in [0.5, 0.6) is 11.5 Å². The van der Waals surface area contributed by atoms with Crippen molar-refractivity contribution in [2.24, 2.45) is 7.05 Å². The monoisotopic (exact) mass is 438 g/mol. The van der Waals surface area contributed by atoms with Gasteiger partial charge in [0.2, 0.25) is 0 Å². The maximum absolute atomic E-state index is 6.87. The highest BCUT2D eigenvalue weighted by molar-refractivity contribution is 7.01. The molecule has 3 aromatic carbocycles. The van der Waals surface area contributed by atoms with E-state index in [0.717, 1.165) is 11.5 Å². The molecule has 1 aliphatic heterocycles. The number of hydrogen-bond acceptors (Lipinski definition) is 1. The van der Waals surface area contributed by atoms with Crippen LogP contribution in [0.1, 0.15) is 36.5 Å². The summed E-state index contributed by atoms with van der Waals surface area (Å²) in [6, 6.07) is 20.2. The molecule has 0 aliphatic carbocycles. The molecule has 2 nitrogen and oxygen atoms in total. The molecule has 0 amide bonds. The number of rotatable bonds is 3. The molecule has 162 valence electrons. The molecule has 0 spiro atoms. The van der Waals surface area contributed by atoms with Gasteiger partial charge < -0.3 is 4.74 Å². The van der Waals surface area contributed by atoms with Gasteiger partial charge in [0.05, 0.1) is 5.56 Å². The number of aromatic nitrogens is 1. The first-order chi connectivity index (χ1) is 15.2. The third-order valence-corrected chi connectivity index (χ3v) is 10.8. The molecule has 0 saturated carbocycles. The minimum absolute atomic E-state index is 0.451. The number of hydrogen-bond donors (Lipinski definition) is 0. The molecule has 0 unspecified atom stereocenters. The molecule has 0 saturated heterocycles. The molecule has 0 N–H and O–H groups in total. The summed E-state index contributed by atoms with van der Waals surface area (Å²) in [6.45, 7) is 13.9. The normalized spacial score (nSPS) is 12.8. The fourth-order valence-electron chi connectivity index (χ4n) is 5.11. The van der Waals surface area contributed by atoms with Gasteiger partial charge in [-0.1, -0.05) is 74.6 Å². The minimum atomic E-state index is -1.97. The van der Waals surface area contributed by atoms with Gasteiger partial charge in [0.1, 0.15) is 20.9 Å². The van der Waals surface area contributed by atoms with Crippen molar-refractivity contribution in [1.82, 2.24) is 0 Å². The van der Waals surface area contributed by atoms with Crippen molar-refractivity contribution < 1.29 is 9.30 Å². The molecule has 0 radical (unpaired) electrons. The van der Waals surface area contributed by atoms with Crippen molar-refractivity contribution in [2.75, 3.05) is 0 Å². The SMILES string of the molecule is Cc1cc2cc(C(C)C)cc3c2c(c1C)-c1c(c([Si](C)(C)c2ccccc2)cc[n+]1C)O3. The lowest BCUT2D eigenvalue weighted by Gasteiger charge is -2.29. The van der Waals surface area contributed by atoms with Gasteiger partial charge >= 0.3 is 0 Å². The van der Waals surface area contributed by atoms with Gasteiger partial charge in [-0.05, 0) is 53.1 Å². The molecule has 2 heterocycles. The molecule has 32 heavy (non-hydrogen) atoms. The van der Waals surface area contributed by atoms with E-state index >= 15 is 0 Å². The van der Waals surface area contributed by atoms with Gasteiger partial charge in [-0.15, -0.1) is 0 Å². The lowest BCUT2D eigenvalue weighted by atomic mass is 9.88. The van der Waals surface area contributed by atoms with Crippen LogP contribution in [0.15, 0.2) is 60.8 Å². The first kappa shape index (κ1) is 21.0. The van der Waals surface area contributed by atoms with Crippen LogP contribution in [0.2, 0.25) is 13.1 Å². The van der Waals surface area contributed by atoms with E-state index in [2.05, 4.69) is 113 Å². The number of pyridine rings is 1. The largest absolute Gasteiger partial charge is 0.450 e. The first-order valence-corrected chi connectivity index (χ1v) is 14.5. The second kappa shape index (κ2) is 7.31. The maximum atomic E-state index is 6.87. The van der Waals surface area contributed by atoms with Gasteiger partial charge in [0, 0.05) is 11.5 Å². The van der Waals surface area contributed by atoms with Gasteiger partial charge in [-0.3, -0.25) is 0 Å². The third kappa shape index (κ3) is 3.02. The van der Waals surface area contributed by atoms with Crippen LogP contribution in [0.4, 0.5) is 0 Å². The molecule has 4 aromatic rings. The molecule has 0 atom stereocenters. The Bertz CT molecular complexity index is 1370. The predicted octanol–water partition coefficient (Wildman–Crippen LogP) is 6.00. The number of fused-ring (bicyclic) bond motifs is 2. The summed E-state index contributed by atoms with van der Waals surface area (Å²) in [7, 11) is 0.176. The molecule has 1 aliphatic rings. The molecular weight excluding hydrogens is 406 g/mol. The van der Waals surface area contributed by atoms with Gasteiger partial charge in [0.25, 0.3) is 5.69 Å². The number of aryl methyl sites for hydroxylation is 2. The quantitative estimate of drug-likeness (QED) is 0.249. The van der Waals surface area contributed by atoms with Crippen molar-refractivity contribution in [1.29, 1.82) is 0 Å². The molecule has 5 rings (SSSR count). The summed E-state index contributed by atoms with van der Waals surface area (Å²) in [5, 5.41) is 5.30. The molecular formula is C29H32NOSi+. The summed E-state index contributed by atoms with van der Waals surface area (Å²) < 4.78 is 9.11. The lowest BCUT2D eigenvalue weighted by Crippen LogP contribution is -2.54. The Morgan fingerprint density at radius 3 is 2.34 bits per heavy atom. The fourth-order valence-corrected chi connectivity index (χ4v) is 7.67. The second-order valence-corrected chi connectivity index (χ2v) is 14.4. The second-order valence-electron chi connectivity index (χ2n) is 10.1. The van der Waals surface area contributed by atoms with Gasteiger partial charge in [-0.2, -0.15) is 4.57 Å². The lowest BCUT2D eigenvalue weighted by molar-refractivity contribution is -0.660. The standard InChI is InChI=1S/C29H32NOSi/c1-18(2)21-16-22-15-19(3)20(4)26-27(22)24(17-21)31-29-25(13-14-30(5)28(26)29)32(6,7)23-11-9-8-10-12-23/h8-18H,1-7H3/q+1. The summed E-state index contributed by atoms with van der Waals surface area (Å²) in [5.41, 5.74) is 6.53. The van der Waals surface area contributed by atoms with Crippen molar-refractivity contribution in [3.63, 3.8) is 0 Å². The van der Waals surface area contributed by atoms with E-state index in [4.69, 9.17) is 4.74 Å². The summed E-state index contributed by atoms with van der Waals surface area (Å²) >= 11 is 0. The van der Waals surface area contributed by atoms with Crippen LogP contribution in [0.25, 0.3) is 22.0 Å². The zero-order valence-electron chi connectivity index (χ0n) is 20.2. The minimum Gasteiger partial charge on any atom is -0.450 e. The van der Waals surface area contributed by atoms with Crippen LogP contribution < -0.4 is 19.7 Å². The highest BCUT2D eigenvalue weighted by Crippen LogP contribution is 2.48. The van der Waals surface area contributed by atoms with Crippen LogP contribution in [0, 0.1) is 13.8 Å². The topological polar surface area (TPSA) is 13.1 Å². The van der Waals surface area contributed by atoms with Crippen LogP contribution >= 0.6 is 0 Å². The summed E-state index contributed by atoms with van der Waals surface area (Å²) in [5.74, 6) is 2.49. The summed E-state index contributed by atoms with van der Waals surface area (Å²) in [4.78, 5) is 0. The maximum Gasteiger partial charge on any atom is 0.256 e. The van der Waals surface area contributed by atoms with Crippen molar-refractivity contribution in [2.45, 2.75) is 46.7 Å². The van der Waals surface area contributed by atoms with Crippen LogP contribution in [-0.2, 0) is 7.05 Å². The van der Waals surface area contributed by atoms with E-state index in [9.17, 15) is 0 Å². The van der Waals surface area contributed by atoms with E-state index < -0.39 is 8.07 Å². The Balaban J connectivity index is 1.87. The van der Waals surface area contributed by atoms with E-state index in [1.165, 1.54) is 49.1 Å². The highest BCUT2D eigenvalue weighted by atomic mass is 28.3. The number of ether oxygens (including phenoxy) is 1. The zero-order valence-corrected chi connectivity index (χ0v) is 21.2. The smallest absolute Gasteiger partial charge is 0.256 e. The van der Waals surface area contributed by atoms with Crippen molar-refractivity contribution >= 4 is 29.2 Å². The Morgan fingerprint density at radius 2 is 1.66 bits per heavy atom. The predicted molar refractivity (Wildman–Crippen MR) is 137 cm³/mol. The molecule has 0 fully saturated rings. The number of benzene rings is 3. The zero-order chi connectivity index (χ0) is 22.8. The van der Waals surface area contributed by atoms with Crippen molar-refractivity contribution in [3.8, 4) is 22.8 Å². The van der Waals surface area contributed by atoms with Gasteiger partial charge in [-0.25, -0.2) is 0 Å². The average molecular weight is 439 g/mol. The van der Waals surface area contributed by atoms with E-state index in [0.29, 0.717) is 5.92 Å². The molecule has 1 aromatic heterocycles. The first-order valence-electron chi connectivity index (χ1n) is 11.5. The Morgan fingerprint density at radius 1 is 0.938 bits per heavy atom. The number of nitrogens with zero attached hydrogens (tertiary/aromatic N) is 1. The third-order valence-electron chi connectivity index (χ3n) is 7.31. The van der Waals surface area contributed by atoms with Crippen molar-refractivity contribution in [3.05, 3.63) is 77.5 Å². The van der Waals surface area contributed by atoms with E-state index in [1.54, 1.807) is 0 Å². The highest BCUT2D eigenvalue weighted by Gasteiger charge is 2.38. The van der Waals surface area contributed by atoms with E-state index in [-0.39, 0.29) is 0 Å². The Kier molecular flexibility index (Phi) is 4.79. The molecule has 3 heteroatoms. The van der Waals surface area contributed by atoms with Gasteiger partial charge in [0.15, 0.2) is 11.9 Å².